The quantitative estimate of drug-likeness (QED) is 0.616. The van der Waals surface area contributed by atoms with E-state index in [2.05, 4.69) is 10.2 Å². The highest BCUT2D eigenvalue weighted by molar-refractivity contribution is 7.89. The Labute approximate surface area is 203 Å². The van der Waals surface area contributed by atoms with Crippen LogP contribution in [0.2, 0.25) is 0 Å². The summed E-state index contributed by atoms with van der Waals surface area (Å²) >= 11 is 0. The lowest BCUT2D eigenvalue weighted by atomic mass is 10.0. The lowest BCUT2D eigenvalue weighted by Crippen LogP contribution is -2.37. The van der Waals surface area contributed by atoms with Gasteiger partial charge in [0.25, 0.3) is 5.91 Å². The Morgan fingerprint density at radius 3 is 2.38 bits per heavy atom. The van der Waals surface area contributed by atoms with E-state index >= 15 is 0 Å². The summed E-state index contributed by atoms with van der Waals surface area (Å²) in [4.78, 5) is 15.7. The number of aryl methyl sites for hydroxylation is 1. The lowest BCUT2D eigenvalue weighted by Gasteiger charge is -2.29. The van der Waals surface area contributed by atoms with E-state index in [1.165, 1.54) is 6.07 Å². The number of likely N-dealkylation sites (tertiary alicyclic amines) is 1. The molecule has 0 aromatic heterocycles. The number of nitrogens with one attached hydrogen (secondary N) is 1. The summed E-state index contributed by atoms with van der Waals surface area (Å²) in [7, 11) is -1.95. The maximum Gasteiger partial charge on any atom is 0.251 e. The molecule has 2 aromatic rings. The molecule has 2 saturated heterocycles. The highest BCUT2D eigenvalue weighted by Crippen LogP contribution is 2.31. The van der Waals surface area contributed by atoms with Gasteiger partial charge in [0.15, 0.2) is 0 Å². The minimum Gasteiger partial charge on any atom is -0.496 e. The first kappa shape index (κ1) is 24.7. The zero-order valence-corrected chi connectivity index (χ0v) is 20.9. The van der Waals surface area contributed by atoms with Gasteiger partial charge in [-0.2, -0.15) is 4.31 Å². The minimum absolute atomic E-state index is 0.00963. The highest BCUT2D eigenvalue weighted by Gasteiger charge is 2.29. The Balaban J connectivity index is 1.54. The molecule has 2 aromatic carbocycles. The number of carbonyl (C=O) groups is 1. The van der Waals surface area contributed by atoms with E-state index in [4.69, 9.17) is 4.74 Å². The maximum atomic E-state index is 13.3. The fraction of sp³-hybridized carbons (Fsp3) is 0.500. The zero-order chi connectivity index (χ0) is 24.1. The molecule has 34 heavy (non-hydrogen) atoms. The van der Waals surface area contributed by atoms with Crippen LogP contribution in [-0.2, 0) is 10.0 Å². The number of amides is 1. The van der Waals surface area contributed by atoms with Crippen molar-refractivity contribution in [3.63, 3.8) is 0 Å². The Bertz CT molecular complexity index is 1110. The number of methoxy groups -OCH3 is 1. The monoisotopic (exact) mass is 485 g/mol. The number of ether oxygens (including phenoxy) is 1. The summed E-state index contributed by atoms with van der Waals surface area (Å²) in [6, 6.07) is 12.9. The Morgan fingerprint density at radius 2 is 1.68 bits per heavy atom. The largest absolute Gasteiger partial charge is 0.496 e. The van der Waals surface area contributed by atoms with Gasteiger partial charge >= 0.3 is 0 Å². The van der Waals surface area contributed by atoms with E-state index in [-0.39, 0.29) is 16.8 Å². The first-order valence-electron chi connectivity index (χ1n) is 12.2. The molecule has 1 N–H and O–H groups in total. The molecule has 2 fully saturated rings. The Morgan fingerprint density at radius 1 is 1.00 bits per heavy atom. The van der Waals surface area contributed by atoms with E-state index in [0.29, 0.717) is 30.8 Å². The van der Waals surface area contributed by atoms with Crippen molar-refractivity contribution in [2.45, 2.75) is 50.0 Å². The number of hydrogen-bond donors (Lipinski definition) is 1. The maximum absolute atomic E-state index is 13.3. The first-order valence-corrected chi connectivity index (χ1v) is 13.6. The predicted octanol–water partition coefficient (Wildman–Crippen LogP) is 3.75. The highest BCUT2D eigenvalue weighted by atomic mass is 32.2. The minimum atomic E-state index is -3.62. The molecule has 7 nitrogen and oxygen atoms in total. The van der Waals surface area contributed by atoms with Gasteiger partial charge < -0.3 is 10.1 Å². The average molecular weight is 486 g/mol. The molecule has 4 rings (SSSR count). The van der Waals surface area contributed by atoms with Crippen LogP contribution >= 0.6 is 0 Å². The van der Waals surface area contributed by atoms with Crippen LogP contribution in [0.25, 0.3) is 0 Å². The molecule has 8 heteroatoms. The van der Waals surface area contributed by atoms with Crippen LogP contribution in [0.5, 0.6) is 5.75 Å². The van der Waals surface area contributed by atoms with Gasteiger partial charge in [-0.05, 0) is 69.5 Å². The van der Waals surface area contributed by atoms with Crippen molar-refractivity contribution in [2.75, 3.05) is 39.8 Å². The Hall–Kier alpha value is -2.42. The van der Waals surface area contributed by atoms with Gasteiger partial charge in [-0.25, -0.2) is 8.42 Å². The summed E-state index contributed by atoms with van der Waals surface area (Å²) < 4.78 is 33.6. The predicted molar refractivity (Wildman–Crippen MR) is 133 cm³/mol. The van der Waals surface area contributed by atoms with Crippen LogP contribution in [0.15, 0.2) is 47.4 Å². The van der Waals surface area contributed by atoms with Crippen LogP contribution in [-0.4, -0.2) is 63.4 Å². The van der Waals surface area contributed by atoms with Crippen molar-refractivity contribution < 1.29 is 17.9 Å². The standard InChI is InChI=1S/C26H35N3O4S/c1-20-12-13-21(18-25(20)34(31,32)29-16-6-3-7-17-29)26(30)27-19-23(28-14-8-9-15-28)22-10-4-5-11-24(22)33-2/h4-5,10-13,18,23H,3,6-9,14-17,19H2,1-2H3,(H,27,30)/t23-/m0/s1. The van der Waals surface area contributed by atoms with Crippen molar-refractivity contribution in [3.8, 4) is 5.75 Å². The van der Waals surface area contributed by atoms with E-state index < -0.39 is 10.0 Å². The van der Waals surface area contributed by atoms with Crippen LogP contribution in [0, 0.1) is 6.92 Å². The van der Waals surface area contributed by atoms with E-state index in [1.807, 2.05) is 24.3 Å². The van der Waals surface area contributed by atoms with Crippen LogP contribution in [0.3, 0.4) is 0 Å². The van der Waals surface area contributed by atoms with Crippen molar-refractivity contribution in [3.05, 3.63) is 59.2 Å². The third-order valence-electron chi connectivity index (χ3n) is 6.92. The second kappa shape index (κ2) is 10.9. The number of hydrogen-bond acceptors (Lipinski definition) is 5. The number of sulfonamides is 1. The molecule has 0 spiro atoms. The van der Waals surface area contributed by atoms with Gasteiger partial charge in [0.05, 0.1) is 18.0 Å². The third kappa shape index (κ3) is 5.29. The zero-order valence-electron chi connectivity index (χ0n) is 20.1. The van der Waals surface area contributed by atoms with Gasteiger partial charge in [0, 0.05) is 30.8 Å². The van der Waals surface area contributed by atoms with Gasteiger partial charge in [0.1, 0.15) is 5.75 Å². The molecule has 184 valence electrons. The third-order valence-corrected chi connectivity index (χ3v) is 8.96. The summed E-state index contributed by atoms with van der Waals surface area (Å²) in [6.45, 7) is 5.22. The van der Waals surface area contributed by atoms with E-state index in [9.17, 15) is 13.2 Å². The molecule has 2 aliphatic heterocycles. The molecule has 0 bridgehead atoms. The van der Waals surface area contributed by atoms with Crippen LogP contribution in [0.4, 0.5) is 0 Å². The second-order valence-corrected chi connectivity index (χ2v) is 11.1. The molecule has 2 heterocycles. The van der Waals surface area contributed by atoms with E-state index in [1.54, 1.807) is 30.5 Å². The fourth-order valence-electron chi connectivity index (χ4n) is 4.99. The number of piperidine rings is 1. The molecule has 1 amide bonds. The molecular weight excluding hydrogens is 450 g/mol. The van der Waals surface area contributed by atoms with E-state index in [0.717, 1.165) is 56.5 Å². The van der Waals surface area contributed by atoms with Crippen LogP contribution < -0.4 is 10.1 Å². The molecule has 0 aliphatic carbocycles. The second-order valence-electron chi connectivity index (χ2n) is 9.16. The summed E-state index contributed by atoms with van der Waals surface area (Å²) in [6.07, 6.45) is 5.07. The number of nitrogens with zero attached hydrogens (tertiary/aromatic N) is 2. The summed E-state index contributed by atoms with van der Waals surface area (Å²) in [5.74, 6) is 0.535. The summed E-state index contributed by atoms with van der Waals surface area (Å²) in [5.41, 5.74) is 2.07. The normalized spacial score (nSPS) is 18.5. The smallest absolute Gasteiger partial charge is 0.251 e. The molecular formula is C26H35N3O4S. The van der Waals surface area contributed by atoms with Crippen LogP contribution in [0.1, 0.15) is 59.6 Å². The molecule has 0 unspecified atom stereocenters. The molecule has 0 radical (unpaired) electrons. The van der Waals surface area contributed by atoms with Gasteiger partial charge in [-0.3, -0.25) is 9.69 Å². The van der Waals surface area contributed by atoms with Crippen molar-refractivity contribution in [1.82, 2.24) is 14.5 Å². The van der Waals surface area contributed by atoms with Gasteiger partial charge in [0.2, 0.25) is 10.0 Å². The van der Waals surface area contributed by atoms with Crippen molar-refractivity contribution >= 4 is 15.9 Å². The topological polar surface area (TPSA) is 78.9 Å². The Kier molecular flexibility index (Phi) is 7.91. The number of rotatable bonds is 8. The summed E-state index contributed by atoms with van der Waals surface area (Å²) in [5, 5.41) is 3.06. The fourth-order valence-corrected chi connectivity index (χ4v) is 6.75. The molecule has 1 atom stereocenters. The SMILES string of the molecule is COc1ccccc1[C@H](CNC(=O)c1ccc(C)c(S(=O)(=O)N2CCCCC2)c1)N1CCCC1. The van der Waals surface area contributed by atoms with Gasteiger partial charge in [-0.1, -0.05) is 30.7 Å². The average Bonchev–Trinajstić information content (AvgIpc) is 3.39. The molecule has 0 saturated carbocycles. The van der Waals surface area contributed by atoms with Gasteiger partial charge in [-0.15, -0.1) is 0 Å². The lowest BCUT2D eigenvalue weighted by molar-refractivity contribution is 0.0937. The number of para-hydroxylation sites is 1. The number of carbonyl (C=O) groups excluding carboxylic acids is 1. The number of benzene rings is 2. The molecule has 2 aliphatic rings. The van der Waals surface area contributed by atoms with Crippen molar-refractivity contribution in [2.24, 2.45) is 0 Å². The first-order chi connectivity index (χ1) is 16.4. The van der Waals surface area contributed by atoms with Crippen molar-refractivity contribution in [1.29, 1.82) is 0 Å².